The zero-order chi connectivity index (χ0) is 15.0. The molecular formula is C13H22N4O2S. The zero-order valence-electron chi connectivity index (χ0n) is 12.2. The number of aromatic amines is 1. The molecule has 2 heterocycles. The number of hydrogen-bond acceptors (Lipinski definition) is 5. The third kappa shape index (κ3) is 3.09. The van der Waals surface area contributed by atoms with Gasteiger partial charge in [-0.25, -0.2) is 13.4 Å². The van der Waals surface area contributed by atoms with Crippen molar-refractivity contribution in [2.24, 2.45) is 0 Å². The van der Waals surface area contributed by atoms with Gasteiger partial charge in [0.25, 0.3) is 0 Å². The number of rotatable bonds is 3. The average Bonchev–Trinajstić information content (AvgIpc) is 2.77. The first kappa shape index (κ1) is 15.2. The quantitative estimate of drug-likeness (QED) is 0.809. The molecule has 1 aliphatic rings. The highest BCUT2D eigenvalue weighted by Crippen LogP contribution is 2.23. The van der Waals surface area contributed by atoms with Gasteiger partial charge in [-0.3, -0.25) is 4.90 Å². The monoisotopic (exact) mass is 298 g/mol. The predicted molar refractivity (Wildman–Crippen MR) is 79.1 cm³/mol. The van der Waals surface area contributed by atoms with Gasteiger partial charge in [-0.05, 0) is 20.8 Å². The maximum Gasteiger partial charge on any atom is 0.156 e. The number of nitrogens with zero attached hydrogens (tertiary/aromatic N) is 2. The number of sulfone groups is 1. The van der Waals surface area contributed by atoms with E-state index in [1.54, 1.807) is 0 Å². The fourth-order valence-corrected chi connectivity index (χ4v) is 4.14. The standard InChI is InChI=1S/C13H22N4O2S/c1-13(2,3)17-4-5-20(18,19)10(8-17)6-11-12(7-14)16-9-15-11/h7,9-10,14H,4-6,8H2,1-3H3,(H,15,16). The van der Waals surface area contributed by atoms with Crippen molar-refractivity contribution in [1.82, 2.24) is 14.9 Å². The summed E-state index contributed by atoms with van der Waals surface area (Å²) in [6.07, 6.45) is 3.05. The van der Waals surface area contributed by atoms with Crippen molar-refractivity contribution in [2.75, 3.05) is 18.8 Å². The van der Waals surface area contributed by atoms with Crippen molar-refractivity contribution in [3.8, 4) is 0 Å². The minimum Gasteiger partial charge on any atom is -0.348 e. The Kier molecular flexibility index (Phi) is 4.02. The van der Waals surface area contributed by atoms with Gasteiger partial charge in [0.2, 0.25) is 0 Å². The van der Waals surface area contributed by atoms with E-state index in [1.807, 2.05) is 0 Å². The molecule has 1 aromatic rings. The second-order valence-corrected chi connectivity index (χ2v) is 8.62. The number of H-pyrrole nitrogens is 1. The number of imidazole rings is 1. The van der Waals surface area contributed by atoms with Gasteiger partial charge in [-0.2, -0.15) is 0 Å². The molecule has 1 aromatic heterocycles. The predicted octanol–water partition coefficient (Wildman–Crippen LogP) is 0.847. The summed E-state index contributed by atoms with van der Waals surface area (Å²) in [4.78, 5) is 9.17. The summed E-state index contributed by atoms with van der Waals surface area (Å²) in [6, 6.07) is 0. The molecule has 112 valence electrons. The lowest BCUT2D eigenvalue weighted by atomic mass is 10.0. The van der Waals surface area contributed by atoms with Crippen LogP contribution in [0.5, 0.6) is 0 Å². The van der Waals surface area contributed by atoms with E-state index >= 15 is 0 Å². The molecule has 1 fully saturated rings. The third-order valence-corrected chi connectivity index (χ3v) is 5.93. The van der Waals surface area contributed by atoms with E-state index in [9.17, 15) is 8.42 Å². The minimum absolute atomic E-state index is 0.0352. The van der Waals surface area contributed by atoms with Gasteiger partial charge in [0.15, 0.2) is 9.84 Å². The highest BCUT2D eigenvalue weighted by atomic mass is 32.2. The van der Waals surface area contributed by atoms with Crippen LogP contribution in [0.15, 0.2) is 6.33 Å². The molecule has 0 bridgehead atoms. The molecule has 0 amide bonds. The van der Waals surface area contributed by atoms with Gasteiger partial charge in [-0.15, -0.1) is 0 Å². The van der Waals surface area contributed by atoms with Crippen LogP contribution in [0.25, 0.3) is 0 Å². The molecule has 1 atom stereocenters. The second-order valence-electron chi connectivity index (χ2n) is 6.22. The fraction of sp³-hybridized carbons (Fsp3) is 0.692. The van der Waals surface area contributed by atoms with Crippen molar-refractivity contribution < 1.29 is 8.42 Å². The van der Waals surface area contributed by atoms with Crippen LogP contribution >= 0.6 is 0 Å². The van der Waals surface area contributed by atoms with Crippen LogP contribution in [-0.2, 0) is 16.3 Å². The molecule has 6 nitrogen and oxygen atoms in total. The van der Waals surface area contributed by atoms with Crippen LogP contribution < -0.4 is 0 Å². The number of nitrogens with one attached hydrogen (secondary N) is 2. The van der Waals surface area contributed by atoms with E-state index in [2.05, 4.69) is 35.6 Å². The van der Waals surface area contributed by atoms with Crippen molar-refractivity contribution in [3.05, 3.63) is 17.7 Å². The molecular weight excluding hydrogens is 276 g/mol. The molecule has 0 saturated carbocycles. The van der Waals surface area contributed by atoms with Crippen LogP contribution in [0.4, 0.5) is 0 Å². The Bertz CT molecular complexity index is 586. The van der Waals surface area contributed by atoms with Crippen LogP contribution in [-0.4, -0.2) is 59.1 Å². The SMILES string of the molecule is CC(C)(C)N1CCS(=O)(=O)C(Cc2[nH]cnc2C=N)C1. The van der Waals surface area contributed by atoms with E-state index in [4.69, 9.17) is 5.41 Å². The van der Waals surface area contributed by atoms with E-state index in [1.165, 1.54) is 6.33 Å². The summed E-state index contributed by atoms with van der Waals surface area (Å²) in [5.41, 5.74) is 1.21. The Balaban J connectivity index is 2.21. The summed E-state index contributed by atoms with van der Waals surface area (Å²) in [5, 5.41) is 6.85. The topological polar surface area (TPSA) is 89.9 Å². The van der Waals surface area contributed by atoms with Gasteiger partial charge < -0.3 is 10.4 Å². The molecule has 1 aliphatic heterocycles. The lowest BCUT2D eigenvalue weighted by molar-refractivity contribution is 0.138. The lowest BCUT2D eigenvalue weighted by Crippen LogP contribution is -2.54. The molecule has 20 heavy (non-hydrogen) atoms. The second kappa shape index (κ2) is 5.29. The number of aromatic nitrogens is 2. The van der Waals surface area contributed by atoms with Crippen LogP contribution in [0, 0.1) is 5.41 Å². The van der Waals surface area contributed by atoms with Gasteiger partial charge >= 0.3 is 0 Å². The zero-order valence-corrected chi connectivity index (χ0v) is 13.0. The van der Waals surface area contributed by atoms with Gasteiger partial charge in [-0.1, -0.05) is 0 Å². The molecule has 0 aromatic carbocycles. The lowest BCUT2D eigenvalue weighted by Gasteiger charge is -2.41. The Morgan fingerprint density at radius 1 is 1.55 bits per heavy atom. The molecule has 1 saturated heterocycles. The van der Waals surface area contributed by atoms with E-state index < -0.39 is 15.1 Å². The molecule has 2 rings (SSSR count). The normalized spacial score (nSPS) is 23.6. The molecule has 2 N–H and O–H groups in total. The summed E-state index contributed by atoms with van der Waals surface area (Å²) >= 11 is 0. The van der Waals surface area contributed by atoms with Crippen molar-refractivity contribution in [2.45, 2.75) is 38.0 Å². The molecule has 0 radical (unpaired) electrons. The number of hydrogen-bond donors (Lipinski definition) is 2. The largest absolute Gasteiger partial charge is 0.348 e. The van der Waals surface area contributed by atoms with Crippen molar-refractivity contribution in [3.63, 3.8) is 0 Å². The molecule has 0 spiro atoms. The van der Waals surface area contributed by atoms with Crippen molar-refractivity contribution in [1.29, 1.82) is 5.41 Å². The third-order valence-electron chi connectivity index (χ3n) is 3.85. The van der Waals surface area contributed by atoms with Crippen molar-refractivity contribution >= 4 is 16.1 Å². The van der Waals surface area contributed by atoms with Gasteiger partial charge in [0.05, 0.1) is 17.3 Å². The maximum absolute atomic E-state index is 12.3. The Morgan fingerprint density at radius 2 is 2.25 bits per heavy atom. The highest BCUT2D eigenvalue weighted by Gasteiger charge is 2.37. The summed E-state index contributed by atoms with van der Waals surface area (Å²) in [6.45, 7) is 7.41. The first-order chi connectivity index (χ1) is 9.24. The minimum atomic E-state index is -3.08. The van der Waals surface area contributed by atoms with Gasteiger partial charge in [0.1, 0.15) is 5.69 Å². The Morgan fingerprint density at radius 3 is 2.85 bits per heavy atom. The highest BCUT2D eigenvalue weighted by molar-refractivity contribution is 7.92. The maximum atomic E-state index is 12.3. The van der Waals surface area contributed by atoms with E-state index in [-0.39, 0.29) is 11.3 Å². The molecule has 7 heteroatoms. The molecule has 1 unspecified atom stereocenters. The van der Waals surface area contributed by atoms with E-state index in [0.717, 1.165) is 11.9 Å². The first-order valence-electron chi connectivity index (χ1n) is 6.73. The fourth-order valence-electron chi connectivity index (χ4n) is 2.50. The van der Waals surface area contributed by atoms with Gasteiger partial charge in [0, 0.05) is 37.0 Å². The van der Waals surface area contributed by atoms with Crippen LogP contribution in [0.3, 0.4) is 0 Å². The smallest absolute Gasteiger partial charge is 0.156 e. The molecule has 0 aliphatic carbocycles. The first-order valence-corrected chi connectivity index (χ1v) is 8.45. The van der Waals surface area contributed by atoms with Crippen LogP contribution in [0.1, 0.15) is 32.2 Å². The summed E-state index contributed by atoms with van der Waals surface area (Å²) in [5.74, 6) is 0.197. The van der Waals surface area contributed by atoms with Crippen LogP contribution in [0.2, 0.25) is 0 Å². The summed E-state index contributed by atoms with van der Waals surface area (Å²) in [7, 11) is -3.08. The average molecular weight is 298 g/mol. The Labute approximate surface area is 120 Å². The Hall–Kier alpha value is -1.21. The summed E-state index contributed by atoms with van der Waals surface area (Å²) < 4.78 is 24.5. The van der Waals surface area contributed by atoms with E-state index in [0.29, 0.717) is 25.2 Å².